The molecule has 0 aromatic carbocycles. The van der Waals surface area contributed by atoms with Crippen molar-refractivity contribution in [3.63, 3.8) is 0 Å². The smallest absolute Gasteiger partial charge is 0.338 e. The van der Waals surface area contributed by atoms with Gasteiger partial charge < -0.3 is 5.11 Å². The van der Waals surface area contributed by atoms with Crippen LogP contribution in [0.1, 0.15) is 36.0 Å². The molecule has 6 nitrogen and oxygen atoms in total. The van der Waals surface area contributed by atoms with Gasteiger partial charge in [0, 0.05) is 11.3 Å². The number of carboxylic acid groups (broad SMARTS) is 1. The van der Waals surface area contributed by atoms with Gasteiger partial charge in [-0.15, -0.1) is 11.8 Å². The molecule has 1 aromatic heterocycles. The molecule has 0 spiro atoms. The quantitative estimate of drug-likeness (QED) is 0.666. The number of carbonyl (C=O) groups is 1. The lowest BCUT2D eigenvalue weighted by molar-refractivity contribution is -0.385. The predicted octanol–water partition coefficient (Wildman–Crippen LogP) is 2.72. The fourth-order valence-corrected chi connectivity index (χ4v) is 3.22. The number of nitro groups is 1. The van der Waals surface area contributed by atoms with Crippen molar-refractivity contribution in [2.45, 2.75) is 36.0 Å². The Morgan fingerprint density at radius 2 is 2.17 bits per heavy atom. The second-order valence-electron chi connectivity index (χ2n) is 4.13. The molecule has 0 amide bonds. The van der Waals surface area contributed by atoms with Crippen molar-refractivity contribution in [1.29, 1.82) is 0 Å². The molecule has 1 aromatic rings. The maximum atomic E-state index is 11.1. The molecule has 1 saturated carbocycles. The van der Waals surface area contributed by atoms with E-state index in [1.165, 1.54) is 11.8 Å². The molecule has 1 fully saturated rings. The van der Waals surface area contributed by atoms with Crippen LogP contribution >= 0.6 is 11.8 Å². The number of aromatic nitrogens is 1. The summed E-state index contributed by atoms with van der Waals surface area (Å²) in [6.07, 6.45) is 5.49. The van der Waals surface area contributed by atoms with Gasteiger partial charge in [0.05, 0.1) is 10.5 Å². The molecule has 1 aliphatic carbocycles. The summed E-state index contributed by atoms with van der Waals surface area (Å²) in [5, 5.41) is 20.4. The Hall–Kier alpha value is -1.63. The number of hydrogen-bond donors (Lipinski definition) is 1. The maximum Gasteiger partial charge on any atom is 0.338 e. The van der Waals surface area contributed by atoms with Gasteiger partial charge in [0.15, 0.2) is 0 Å². The zero-order chi connectivity index (χ0) is 13.1. The zero-order valence-corrected chi connectivity index (χ0v) is 10.4. The average molecular weight is 268 g/mol. The Balaban J connectivity index is 2.28. The van der Waals surface area contributed by atoms with E-state index >= 15 is 0 Å². The number of nitrogens with zero attached hydrogens (tertiary/aromatic N) is 2. The largest absolute Gasteiger partial charge is 0.478 e. The Bertz CT molecular complexity index is 486. The highest BCUT2D eigenvalue weighted by atomic mass is 32.2. The third-order valence-corrected chi connectivity index (χ3v) is 4.21. The van der Waals surface area contributed by atoms with Crippen LogP contribution in [0.2, 0.25) is 0 Å². The molecule has 0 atom stereocenters. The second-order valence-corrected chi connectivity index (χ2v) is 5.42. The van der Waals surface area contributed by atoms with Crippen molar-refractivity contribution in [2.75, 3.05) is 0 Å². The van der Waals surface area contributed by atoms with Crippen molar-refractivity contribution in [2.24, 2.45) is 0 Å². The number of thioether (sulfide) groups is 1. The standard InChI is InChI=1S/C11H12N2O4S/c14-11(15)9-5-7(13(16)17)6-12-10(9)18-8-3-1-2-4-8/h5-6,8H,1-4H2,(H,14,15). The van der Waals surface area contributed by atoms with Crippen LogP contribution in [-0.2, 0) is 0 Å². The highest BCUT2D eigenvalue weighted by molar-refractivity contribution is 7.99. The summed E-state index contributed by atoms with van der Waals surface area (Å²) in [7, 11) is 0. The molecule has 1 N–H and O–H groups in total. The van der Waals surface area contributed by atoms with Gasteiger partial charge in [0.25, 0.3) is 5.69 Å². The molecule has 1 aliphatic rings. The van der Waals surface area contributed by atoms with E-state index in [4.69, 9.17) is 5.11 Å². The first kappa shape index (κ1) is 12.8. The van der Waals surface area contributed by atoms with Crippen molar-refractivity contribution >= 4 is 23.4 Å². The van der Waals surface area contributed by atoms with E-state index in [0.717, 1.165) is 37.9 Å². The van der Waals surface area contributed by atoms with Gasteiger partial charge in [0.2, 0.25) is 0 Å². The molecule has 0 radical (unpaired) electrons. The van der Waals surface area contributed by atoms with Gasteiger partial charge in [-0.2, -0.15) is 0 Å². The third kappa shape index (κ3) is 2.79. The Labute approximate surface area is 108 Å². The minimum atomic E-state index is -1.17. The summed E-state index contributed by atoms with van der Waals surface area (Å²) >= 11 is 1.41. The highest BCUT2D eigenvalue weighted by Crippen LogP contribution is 2.35. The van der Waals surface area contributed by atoms with Crippen LogP contribution in [0.25, 0.3) is 0 Å². The SMILES string of the molecule is O=C(O)c1cc([N+](=O)[O-])cnc1SC1CCCC1. The van der Waals surface area contributed by atoms with Crippen molar-refractivity contribution in [3.8, 4) is 0 Å². The monoisotopic (exact) mass is 268 g/mol. The molecule has 7 heteroatoms. The Morgan fingerprint density at radius 3 is 2.72 bits per heavy atom. The van der Waals surface area contributed by atoms with Crippen LogP contribution in [0, 0.1) is 10.1 Å². The van der Waals surface area contributed by atoms with Crippen LogP contribution in [0.3, 0.4) is 0 Å². The normalized spacial score (nSPS) is 15.8. The Morgan fingerprint density at radius 1 is 1.50 bits per heavy atom. The highest BCUT2D eigenvalue weighted by Gasteiger charge is 2.22. The molecular formula is C11H12N2O4S. The number of carboxylic acids is 1. The summed E-state index contributed by atoms with van der Waals surface area (Å²) in [6.45, 7) is 0. The third-order valence-electron chi connectivity index (χ3n) is 2.86. The lowest BCUT2D eigenvalue weighted by atomic mass is 10.3. The van der Waals surface area contributed by atoms with E-state index in [-0.39, 0.29) is 11.3 Å². The second kappa shape index (κ2) is 5.34. The van der Waals surface area contributed by atoms with Crippen molar-refractivity contribution in [1.82, 2.24) is 4.98 Å². The van der Waals surface area contributed by atoms with Gasteiger partial charge in [-0.05, 0) is 12.8 Å². The number of rotatable bonds is 4. The summed E-state index contributed by atoms with van der Waals surface area (Å²) < 4.78 is 0. The zero-order valence-electron chi connectivity index (χ0n) is 9.54. The van der Waals surface area contributed by atoms with Gasteiger partial charge in [-0.3, -0.25) is 10.1 Å². The van der Waals surface area contributed by atoms with Crippen LogP contribution in [0.5, 0.6) is 0 Å². The first-order valence-corrected chi connectivity index (χ1v) is 6.50. The van der Waals surface area contributed by atoms with Gasteiger partial charge in [-0.1, -0.05) is 12.8 Å². The molecule has 2 rings (SSSR count). The molecule has 0 unspecified atom stereocenters. The molecule has 0 aliphatic heterocycles. The molecular weight excluding hydrogens is 256 g/mol. The van der Waals surface area contributed by atoms with Gasteiger partial charge in [0.1, 0.15) is 11.2 Å². The molecule has 18 heavy (non-hydrogen) atoms. The summed E-state index contributed by atoms with van der Waals surface area (Å²) in [5.74, 6) is -1.17. The minimum Gasteiger partial charge on any atom is -0.478 e. The average Bonchev–Trinajstić information content (AvgIpc) is 2.81. The minimum absolute atomic E-state index is 0.0823. The van der Waals surface area contributed by atoms with Crippen LogP contribution < -0.4 is 0 Å². The fourth-order valence-electron chi connectivity index (χ4n) is 1.95. The number of pyridine rings is 1. The Kier molecular flexibility index (Phi) is 3.81. The number of hydrogen-bond acceptors (Lipinski definition) is 5. The van der Waals surface area contributed by atoms with Gasteiger partial charge >= 0.3 is 5.97 Å². The van der Waals surface area contributed by atoms with E-state index in [2.05, 4.69) is 4.98 Å². The fraction of sp³-hybridized carbons (Fsp3) is 0.455. The lowest BCUT2D eigenvalue weighted by Crippen LogP contribution is -2.05. The van der Waals surface area contributed by atoms with Crippen LogP contribution in [-0.4, -0.2) is 26.2 Å². The summed E-state index contributed by atoms with van der Waals surface area (Å²) in [6, 6.07) is 1.08. The van der Waals surface area contributed by atoms with Crippen molar-refractivity contribution < 1.29 is 14.8 Å². The first-order chi connectivity index (χ1) is 8.58. The molecule has 96 valence electrons. The van der Waals surface area contributed by atoms with E-state index in [9.17, 15) is 14.9 Å². The van der Waals surface area contributed by atoms with Crippen LogP contribution in [0.4, 0.5) is 5.69 Å². The maximum absolute atomic E-state index is 11.1. The molecule has 0 bridgehead atoms. The molecule has 0 saturated heterocycles. The topological polar surface area (TPSA) is 93.3 Å². The van der Waals surface area contributed by atoms with E-state index in [0.29, 0.717) is 10.3 Å². The van der Waals surface area contributed by atoms with E-state index in [1.54, 1.807) is 0 Å². The lowest BCUT2D eigenvalue weighted by Gasteiger charge is -2.09. The van der Waals surface area contributed by atoms with E-state index < -0.39 is 10.9 Å². The van der Waals surface area contributed by atoms with E-state index in [1.807, 2.05) is 0 Å². The first-order valence-electron chi connectivity index (χ1n) is 5.62. The molecule has 1 heterocycles. The summed E-state index contributed by atoms with van der Waals surface area (Å²) in [5.41, 5.74) is -0.371. The summed E-state index contributed by atoms with van der Waals surface area (Å²) in [4.78, 5) is 25.0. The predicted molar refractivity (Wildman–Crippen MR) is 66.0 cm³/mol. The van der Waals surface area contributed by atoms with Crippen LogP contribution in [0.15, 0.2) is 17.3 Å². The number of aromatic carboxylic acids is 1. The van der Waals surface area contributed by atoms with Gasteiger partial charge in [-0.25, -0.2) is 9.78 Å². The van der Waals surface area contributed by atoms with Crippen molar-refractivity contribution in [3.05, 3.63) is 27.9 Å².